The van der Waals surface area contributed by atoms with Crippen molar-refractivity contribution in [2.24, 2.45) is 4.99 Å². The van der Waals surface area contributed by atoms with Crippen LogP contribution in [-0.2, 0) is 4.74 Å². The molecule has 0 aliphatic heterocycles. The highest BCUT2D eigenvalue weighted by molar-refractivity contribution is 5.91. The van der Waals surface area contributed by atoms with E-state index in [2.05, 4.69) is 11.6 Å². The van der Waals surface area contributed by atoms with Gasteiger partial charge in [-0.05, 0) is 6.92 Å². The van der Waals surface area contributed by atoms with E-state index in [1.54, 1.807) is 13.0 Å². The predicted molar refractivity (Wildman–Crippen MR) is 34.9 cm³/mol. The van der Waals surface area contributed by atoms with Gasteiger partial charge in [-0.15, -0.1) is 0 Å². The van der Waals surface area contributed by atoms with E-state index in [4.69, 9.17) is 10.00 Å². The van der Waals surface area contributed by atoms with Gasteiger partial charge in [0.05, 0.1) is 5.76 Å². The van der Waals surface area contributed by atoms with Crippen LogP contribution in [0.25, 0.3) is 0 Å². The molecule has 0 amide bonds. The molecular weight excluding hydrogens is 116 g/mol. The Morgan fingerprint density at radius 1 is 1.78 bits per heavy atom. The number of hydrogen-bond acceptors (Lipinski definition) is 3. The van der Waals surface area contributed by atoms with Crippen LogP contribution < -0.4 is 0 Å². The van der Waals surface area contributed by atoms with Gasteiger partial charge in [0.2, 0.25) is 0 Å². The van der Waals surface area contributed by atoms with E-state index in [1.165, 1.54) is 7.05 Å². The largest absolute Gasteiger partial charge is 0.437 e. The van der Waals surface area contributed by atoms with Gasteiger partial charge in [-0.2, -0.15) is 5.26 Å². The smallest absolute Gasteiger partial charge is 0.295 e. The summed E-state index contributed by atoms with van der Waals surface area (Å²) in [6.45, 7) is 5.09. The van der Waals surface area contributed by atoms with Gasteiger partial charge in [0.25, 0.3) is 5.90 Å². The summed E-state index contributed by atoms with van der Waals surface area (Å²) in [6.07, 6.45) is 0. The Morgan fingerprint density at radius 2 is 2.33 bits per heavy atom. The van der Waals surface area contributed by atoms with Gasteiger partial charge >= 0.3 is 0 Å². The first kappa shape index (κ1) is 7.70. The van der Waals surface area contributed by atoms with E-state index < -0.39 is 0 Å². The van der Waals surface area contributed by atoms with Crippen molar-refractivity contribution in [2.75, 3.05) is 7.05 Å². The average Bonchev–Trinajstić information content (AvgIpc) is 1.82. The Bertz CT molecular complexity index is 176. The molecule has 0 radical (unpaired) electrons. The summed E-state index contributed by atoms with van der Waals surface area (Å²) in [7, 11) is 1.49. The molecule has 0 spiro atoms. The van der Waals surface area contributed by atoms with Crippen molar-refractivity contribution in [1.29, 1.82) is 5.26 Å². The maximum Gasteiger partial charge on any atom is 0.295 e. The van der Waals surface area contributed by atoms with Crippen LogP contribution in [-0.4, -0.2) is 12.9 Å². The summed E-state index contributed by atoms with van der Waals surface area (Å²) in [5.74, 6) is 0.514. The van der Waals surface area contributed by atoms with Crippen LogP contribution in [0.3, 0.4) is 0 Å². The van der Waals surface area contributed by atoms with Gasteiger partial charge in [-0.1, -0.05) is 6.58 Å². The van der Waals surface area contributed by atoms with Crippen molar-refractivity contribution in [3.05, 3.63) is 12.3 Å². The SMILES string of the molecule is C=C(C)OC(C#N)=NC. The quantitative estimate of drug-likeness (QED) is 0.298. The van der Waals surface area contributed by atoms with Crippen LogP contribution >= 0.6 is 0 Å². The zero-order valence-electron chi connectivity index (χ0n) is 5.51. The molecule has 0 atom stereocenters. The van der Waals surface area contributed by atoms with Crippen LogP contribution in [0.1, 0.15) is 6.92 Å². The zero-order chi connectivity index (χ0) is 7.28. The molecule has 48 valence electrons. The Hall–Kier alpha value is -1.30. The minimum atomic E-state index is 0.0440. The first-order valence-electron chi connectivity index (χ1n) is 2.41. The summed E-state index contributed by atoms with van der Waals surface area (Å²) in [4.78, 5) is 3.52. The summed E-state index contributed by atoms with van der Waals surface area (Å²) < 4.78 is 4.74. The van der Waals surface area contributed by atoms with Gasteiger partial charge in [-0.3, -0.25) is 0 Å². The molecule has 0 bridgehead atoms. The molecule has 0 aromatic carbocycles. The third-order valence-electron chi connectivity index (χ3n) is 0.570. The summed E-state index contributed by atoms with van der Waals surface area (Å²) in [5, 5.41) is 8.23. The number of allylic oxidation sites excluding steroid dienone is 1. The monoisotopic (exact) mass is 124 g/mol. The highest BCUT2D eigenvalue weighted by atomic mass is 16.5. The molecule has 0 aliphatic rings. The predicted octanol–water partition coefficient (Wildman–Crippen LogP) is 1.09. The van der Waals surface area contributed by atoms with E-state index in [-0.39, 0.29) is 5.90 Å². The first-order chi connectivity index (χ1) is 4.20. The molecule has 0 heterocycles. The number of aliphatic imine (C=N–C) groups is 1. The fourth-order valence-corrected chi connectivity index (χ4v) is 0.283. The molecule has 0 N–H and O–H groups in total. The Kier molecular flexibility index (Phi) is 3.14. The normalized spacial score (nSPS) is 10.1. The van der Waals surface area contributed by atoms with Crippen molar-refractivity contribution >= 4 is 5.90 Å². The topological polar surface area (TPSA) is 45.4 Å². The Morgan fingerprint density at radius 3 is 2.44 bits per heavy atom. The van der Waals surface area contributed by atoms with Gasteiger partial charge in [-0.25, -0.2) is 4.99 Å². The first-order valence-corrected chi connectivity index (χ1v) is 2.41. The second-order valence-electron chi connectivity index (χ2n) is 1.44. The number of nitriles is 1. The maximum absolute atomic E-state index is 8.23. The van der Waals surface area contributed by atoms with Gasteiger partial charge in [0.15, 0.2) is 6.07 Å². The number of hydrogen-bond donors (Lipinski definition) is 0. The van der Waals surface area contributed by atoms with E-state index in [1.807, 2.05) is 0 Å². The van der Waals surface area contributed by atoms with Crippen molar-refractivity contribution in [1.82, 2.24) is 0 Å². The standard InChI is InChI=1S/C6H8N2O/c1-5(2)9-6(4-7)8-3/h1H2,2-3H3. The zero-order valence-corrected chi connectivity index (χ0v) is 5.51. The van der Waals surface area contributed by atoms with E-state index in [0.29, 0.717) is 5.76 Å². The highest BCUT2D eigenvalue weighted by Gasteiger charge is 1.93. The molecule has 0 aromatic rings. The van der Waals surface area contributed by atoms with Crippen molar-refractivity contribution in [3.63, 3.8) is 0 Å². The third-order valence-corrected chi connectivity index (χ3v) is 0.570. The molecule has 0 aliphatic carbocycles. The average molecular weight is 124 g/mol. The van der Waals surface area contributed by atoms with Crippen LogP contribution in [0.2, 0.25) is 0 Å². The third kappa shape index (κ3) is 3.30. The fraction of sp³-hybridized carbons (Fsp3) is 0.333. The molecule has 0 rings (SSSR count). The number of rotatable bonds is 1. The Labute approximate surface area is 54.3 Å². The van der Waals surface area contributed by atoms with E-state index in [0.717, 1.165) is 0 Å². The molecule has 0 unspecified atom stereocenters. The number of nitrogens with zero attached hydrogens (tertiary/aromatic N) is 2. The fourth-order valence-electron chi connectivity index (χ4n) is 0.283. The minimum Gasteiger partial charge on any atom is -0.437 e. The lowest BCUT2D eigenvalue weighted by molar-refractivity contribution is 0.424. The highest BCUT2D eigenvalue weighted by Crippen LogP contribution is 1.90. The van der Waals surface area contributed by atoms with E-state index >= 15 is 0 Å². The molecule has 3 nitrogen and oxygen atoms in total. The maximum atomic E-state index is 8.23. The number of ether oxygens (including phenoxy) is 1. The van der Waals surface area contributed by atoms with Crippen LogP contribution in [0.5, 0.6) is 0 Å². The molecule has 0 saturated heterocycles. The van der Waals surface area contributed by atoms with E-state index in [9.17, 15) is 0 Å². The molecule has 0 saturated carbocycles. The summed E-state index contributed by atoms with van der Waals surface area (Å²) in [6, 6.07) is 1.75. The minimum absolute atomic E-state index is 0.0440. The molecule has 9 heavy (non-hydrogen) atoms. The lowest BCUT2D eigenvalue weighted by Gasteiger charge is -1.96. The van der Waals surface area contributed by atoms with Gasteiger partial charge < -0.3 is 4.74 Å². The van der Waals surface area contributed by atoms with Gasteiger partial charge in [0, 0.05) is 7.05 Å². The van der Waals surface area contributed by atoms with Crippen molar-refractivity contribution < 1.29 is 4.74 Å². The summed E-state index contributed by atoms with van der Waals surface area (Å²) >= 11 is 0. The molecular formula is C6H8N2O. The van der Waals surface area contributed by atoms with Gasteiger partial charge in [0.1, 0.15) is 0 Å². The van der Waals surface area contributed by atoms with Crippen molar-refractivity contribution in [2.45, 2.75) is 6.92 Å². The molecule has 3 heteroatoms. The summed E-state index contributed by atoms with van der Waals surface area (Å²) in [5.41, 5.74) is 0. The lowest BCUT2D eigenvalue weighted by Crippen LogP contribution is -1.97. The molecule has 0 aromatic heterocycles. The lowest BCUT2D eigenvalue weighted by atomic mass is 10.6. The molecule has 0 fully saturated rings. The second kappa shape index (κ2) is 3.67. The van der Waals surface area contributed by atoms with Crippen molar-refractivity contribution in [3.8, 4) is 6.07 Å². The van der Waals surface area contributed by atoms with Crippen LogP contribution in [0.4, 0.5) is 0 Å². The second-order valence-corrected chi connectivity index (χ2v) is 1.44. The Balaban J connectivity index is 3.91. The van der Waals surface area contributed by atoms with Crippen LogP contribution in [0.15, 0.2) is 17.3 Å². The van der Waals surface area contributed by atoms with Crippen LogP contribution in [0, 0.1) is 11.3 Å².